The second kappa shape index (κ2) is 12.3. The lowest BCUT2D eigenvalue weighted by Gasteiger charge is -2.38. The average molecular weight is 426 g/mol. The Balaban J connectivity index is 2.94. The molecule has 174 valence electrons. The molecule has 3 amide bonds. The molecule has 0 aliphatic carbocycles. The lowest BCUT2D eigenvalue weighted by molar-refractivity contribution is -0.143. The zero-order valence-electron chi connectivity index (χ0n) is 20.0. The molecular formula is C23H43N3O4. The summed E-state index contributed by atoms with van der Waals surface area (Å²) in [7, 11) is 3.44. The van der Waals surface area contributed by atoms with Crippen molar-refractivity contribution in [2.75, 3.05) is 20.7 Å². The van der Waals surface area contributed by atoms with Crippen molar-refractivity contribution in [1.82, 2.24) is 9.80 Å². The van der Waals surface area contributed by atoms with E-state index in [-0.39, 0.29) is 60.1 Å². The minimum Gasteiger partial charge on any atom is -0.379 e. The van der Waals surface area contributed by atoms with Crippen LogP contribution in [0, 0.1) is 17.8 Å². The van der Waals surface area contributed by atoms with Crippen LogP contribution in [0.5, 0.6) is 0 Å². The Hall–Kier alpha value is -1.63. The number of carbonyl (C=O) groups is 3. The summed E-state index contributed by atoms with van der Waals surface area (Å²) >= 11 is 0. The fraction of sp³-hybridized carbons (Fsp3) is 0.870. The molecule has 0 spiro atoms. The molecule has 0 unspecified atom stereocenters. The number of rotatable bonds is 12. The van der Waals surface area contributed by atoms with Crippen LogP contribution >= 0.6 is 0 Å². The molecule has 1 rings (SSSR count). The van der Waals surface area contributed by atoms with Crippen molar-refractivity contribution >= 4 is 17.7 Å². The van der Waals surface area contributed by atoms with Crippen molar-refractivity contribution in [1.29, 1.82) is 0 Å². The molecule has 1 heterocycles. The summed E-state index contributed by atoms with van der Waals surface area (Å²) in [4.78, 5) is 41.1. The molecule has 7 nitrogen and oxygen atoms in total. The van der Waals surface area contributed by atoms with E-state index in [0.29, 0.717) is 19.4 Å². The van der Waals surface area contributed by atoms with Crippen LogP contribution in [0.4, 0.5) is 0 Å². The average Bonchev–Trinajstić information content (AvgIpc) is 3.14. The van der Waals surface area contributed by atoms with E-state index < -0.39 is 0 Å². The second-order valence-corrected chi connectivity index (χ2v) is 9.38. The van der Waals surface area contributed by atoms with Gasteiger partial charge in [-0.05, 0) is 31.1 Å². The van der Waals surface area contributed by atoms with Crippen molar-refractivity contribution in [3.05, 3.63) is 0 Å². The van der Waals surface area contributed by atoms with Crippen molar-refractivity contribution in [2.24, 2.45) is 23.5 Å². The maximum atomic E-state index is 13.2. The molecule has 5 atom stereocenters. The number of hydrogen-bond acceptors (Lipinski definition) is 4. The molecule has 0 bridgehead atoms. The number of primary amides is 1. The van der Waals surface area contributed by atoms with E-state index in [4.69, 9.17) is 10.5 Å². The summed E-state index contributed by atoms with van der Waals surface area (Å²) in [5.41, 5.74) is 5.42. The van der Waals surface area contributed by atoms with E-state index in [9.17, 15) is 14.4 Å². The highest BCUT2D eigenvalue weighted by Gasteiger charge is 2.37. The van der Waals surface area contributed by atoms with Crippen molar-refractivity contribution < 1.29 is 19.1 Å². The number of hydrogen-bond donors (Lipinski definition) is 1. The number of carbonyl (C=O) groups excluding carboxylic acids is 3. The van der Waals surface area contributed by atoms with Crippen LogP contribution in [0.3, 0.4) is 0 Å². The first-order chi connectivity index (χ1) is 14.0. The predicted molar refractivity (Wildman–Crippen MR) is 119 cm³/mol. The summed E-state index contributed by atoms with van der Waals surface area (Å²) in [6.45, 7) is 10.8. The van der Waals surface area contributed by atoms with Crippen molar-refractivity contribution in [3.8, 4) is 0 Å². The molecule has 0 aromatic heterocycles. The topological polar surface area (TPSA) is 92.9 Å². The minimum atomic E-state index is -0.372. The van der Waals surface area contributed by atoms with E-state index in [1.54, 1.807) is 12.0 Å². The van der Waals surface area contributed by atoms with Gasteiger partial charge in [-0.3, -0.25) is 14.4 Å². The van der Waals surface area contributed by atoms with Crippen LogP contribution in [-0.4, -0.2) is 66.4 Å². The molecule has 30 heavy (non-hydrogen) atoms. The Bertz CT molecular complexity index is 581. The van der Waals surface area contributed by atoms with Gasteiger partial charge in [0.15, 0.2) is 0 Å². The quantitative estimate of drug-likeness (QED) is 0.520. The monoisotopic (exact) mass is 425 g/mol. The number of amides is 3. The van der Waals surface area contributed by atoms with Gasteiger partial charge >= 0.3 is 0 Å². The van der Waals surface area contributed by atoms with Crippen molar-refractivity contribution in [2.45, 2.75) is 91.3 Å². The Kier molecular flexibility index (Phi) is 10.8. The summed E-state index contributed by atoms with van der Waals surface area (Å²) in [5, 5.41) is 0. The van der Waals surface area contributed by atoms with Crippen LogP contribution in [0.25, 0.3) is 0 Å². The SMILES string of the molecule is CC[C@H](C)[C@@H]([C@@H](CC(=O)N1CCC[C@H]1C[C@@H](C)C(N)=O)OC)N(C)C(=O)CC(C)C. The van der Waals surface area contributed by atoms with Crippen LogP contribution in [0.1, 0.15) is 73.1 Å². The summed E-state index contributed by atoms with van der Waals surface area (Å²) in [6, 6.07) is -0.124. The summed E-state index contributed by atoms with van der Waals surface area (Å²) < 4.78 is 5.78. The fourth-order valence-electron chi connectivity index (χ4n) is 4.46. The molecule has 2 N–H and O–H groups in total. The van der Waals surface area contributed by atoms with E-state index in [1.807, 2.05) is 32.7 Å². The van der Waals surface area contributed by atoms with E-state index in [1.165, 1.54) is 0 Å². The summed E-state index contributed by atoms with van der Waals surface area (Å²) in [5.74, 6) is 0.00418. The first-order valence-corrected chi connectivity index (χ1v) is 11.4. The van der Waals surface area contributed by atoms with Gasteiger partial charge in [0.2, 0.25) is 17.7 Å². The van der Waals surface area contributed by atoms with Crippen LogP contribution in [-0.2, 0) is 19.1 Å². The highest BCUT2D eigenvalue weighted by Crippen LogP contribution is 2.27. The molecule has 1 fully saturated rings. The Morgan fingerprint density at radius 2 is 1.80 bits per heavy atom. The number of likely N-dealkylation sites (N-methyl/N-ethyl adjacent to an activating group) is 1. The van der Waals surface area contributed by atoms with E-state index in [0.717, 1.165) is 19.3 Å². The molecule has 7 heteroatoms. The van der Waals surface area contributed by atoms with E-state index >= 15 is 0 Å². The molecule has 0 aromatic carbocycles. The lowest BCUT2D eigenvalue weighted by atomic mass is 9.90. The molecule has 0 aromatic rings. The predicted octanol–water partition coefficient (Wildman–Crippen LogP) is 2.81. The highest BCUT2D eigenvalue weighted by molar-refractivity contribution is 5.79. The van der Waals surface area contributed by atoms with Gasteiger partial charge in [0.25, 0.3) is 0 Å². The lowest BCUT2D eigenvalue weighted by Crippen LogP contribution is -2.51. The molecule has 0 saturated carbocycles. The van der Waals surface area contributed by atoms with Crippen molar-refractivity contribution in [3.63, 3.8) is 0 Å². The van der Waals surface area contributed by atoms with Gasteiger partial charge < -0.3 is 20.3 Å². The third kappa shape index (κ3) is 7.25. The zero-order valence-corrected chi connectivity index (χ0v) is 20.0. The van der Waals surface area contributed by atoms with Gasteiger partial charge in [0, 0.05) is 39.1 Å². The molecule has 1 aliphatic rings. The number of nitrogens with two attached hydrogens (primary N) is 1. The number of likely N-dealkylation sites (tertiary alicyclic amines) is 1. The smallest absolute Gasteiger partial charge is 0.225 e. The standard InChI is InChI=1S/C23H43N3O4/c1-8-16(4)22(25(6)20(27)12-15(2)3)19(30-7)14-21(28)26-11-9-10-18(26)13-17(5)23(24)29/h15-19,22H,8-14H2,1-7H3,(H2,24,29)/t16-,17+,18-,19+,22-/m0/s1. The number of nitrogens with zero attached hydrogens (tertiary/aromatic N) is 2. The molecular weight excluding hydrogens is 382 g/mol. The van der Waals surface area contributed by atoms with Gasteiger partial charge in [0.1, 0.15) is 0 Å². The highest BCUT2D eigenvalue weighted by atomic mass is 16.5. The van der Waals surface area contributed by atoms with Crippen LogP contribution < -0.4 is 5.73 Å². The molecule has 1 aliphatic heterocycles. The third-order valence-corrected chi connectivity index (χ3v) is 6.52. The second-order valence-electron chi connectivity index (χ2n) is 9.38. The molecule has 1 saturated heterocycles. The zero-order chi connectivity index (χ0) is 23.0. The first-order valence-electron chi connectivity index (χ1n) is 11.4. The third-order valence-electron chi connectivity index (χ3n) is 6.52. The van der Waals surface area contributed by atoms with Gasteiger partial charge in [0.05, 0.1) is 18.6 Å². The van der Waals surface area contributed by atoms with Gasteiger partial charge in [-0.25, -0.2) is 0 Å². The summed E-state index contributed by atoms with van der Waals surface area (Å²) in [6.07, 6.45) is 3.65. The van der Waals surface area contributed by atoms with Gasteiger partial charge in [-0.15, -0.1) is 0 Å². The number of methoxy groups -OCH3 is 1. The van der Waals surface area contributed by atoms with Gasteiger partial charge in [-0.2, -0.15) is 0 Å². The largest absolute Gasteiger partial charge is 0.379 e. The normalized spacial score (nSPS) is 20.7. The maximum absolute atomic E-state index is 13.2. The van der Waals surface area contributed by atoms with Gasteiger partial charge in [-0.1, -0.05) is 41.0 Å². The maximum Gasteiger partial charge on any atom is 0.225 e. The number of ether oxygens (including phenoxy) is 1. The fourth-order valence-corrected chi connectivity index (χ4v) is 4.46. The minimum absolute atomic E-state index is 0.0269. The molecule has 0 radical (unpaired) electrons. The van der Waals surface area contributed by atoms with Crippen LogP contribution in [0.15, 0.2) is 0 Å². The van der Waals surface area contributed by atoms with E-state index in [2.05, 4.69) is 13.8 Å². The van der Waals surface area contributed by atoms with Crippen LogP contribution in [0.2, 0.25) is 0 Å². The Morgan fingerprint density at radius 1 is 1.17 bits per heavy atom. The first kappa shape index (κ1) is 26.4. The Labute approximate surface area is 182 Å². The Morgan fingerprint density at radius 3 is 2.30 bits per heavy atom.